The van der Waals surface area contributed by atoms with E-state index in [-0.39, 0.29) is 5.91 Å². The first-order valence-corrected chi connectivity index (χ1v) is 11.6. The lowest BCUT2D eigenvalue weighted by Crippen LogP contribution is -2.49. The number of amides is 1. The molecule has 0 radical (unpaired) electrons. The lowest BCUT2D eigenvalue weighted by Gasteiger charge is -2.36. The van der Waals surface area contributed by atoms with E-state index < -0.39 is 5.76 Å². The van der Waals surface area contributed by atoms with Crippen LogP contribution in [0.15, 0.2) is 35.2 Å². The topological polar surface area (TPSA) is 52.6 Å². The van der Waals surface area contributed by atoms with Crippen LogP contribution in [-0.2, 0) is 0 Å². The number of piperidine rings is 1. The minimum Gasteiger partial charge on any atom is -0.353 e. The Hall–Kier alpha value is -2.42. The summed E-state index contributed by atoms with van der Waals surface area (Å²) in [5.41, 5.74) is 1.27. The van der Waals surface area contributed by atoms with E-state index in [1.165, 1.54) is 19.3 Å². The summed E-state index contributed by atoms with van der Waals surface area (Å²) in [6, 6.07) is 8.57. The zero-order chi connectivity index (χ0) is 21.8. The highest BCUT2D eigenvalue weighted by Crippen LogP contribution is 2.29. The average Bonchev–Trinajstić information content (AvgIpc) is 2.79. The summed E-state index contributed by atoms with van der Waals surface area (Å²) < 4.78 is 25.7. The number of carbonyl (C=O) groups is 1. The van der Waals surface area contributed by atoms with E-state index in [0.717, 1.165) is 30.5 Å². The van der Waals surface area contributed by atoms with E-state index in [4.69, 9.17) is 4.98 Å². The molecule has 0 N–H and O–H groups in total. The van der Waals surface area contributed by atoms with Crippen LogP contribution in [0.25, 0.3) is 0 Å². The molecule has 1 aromatic carbocycles. The second-order valence-electron chi connectivity index (χ2n) is 7.87. The minimum atomic E-state index is -2.55. The van der Waals surface area contributed by atoms with Gasteiger partial charge in [-0.15, -0.1) is 0 Å². The van der Waals surface area contributed by atoms with E-state index in [2.05, 4.69) is 14.8 Å². The fraction of sp³-hybridized carbons (Fsp3) is 0.500. The standard InChI is InChI=1S/C22H27F2N5OS/c1-16-15-19(26-22(25-16)29-9-5-2-6-10-29)27-11-13-28(14-12-27)20(30)17-7-3-4-8-18(17)31-21(23)24/h3-4,7-8,15,21H,2,5-6,9-14H2,1H3. The second kappa shape index (κ2) is 9.80. The number of nitrogens with zero attached hydrogens (tertiary/aromatic N) is 5. The number of hydrogen-bond acceptors (Lipinski definition) is 6. The van der Waals surface area contributed by atoms with E-state index in [0.29, 0.717) is 48.4 Å². The number of hydrogen-bond donors (Lipinski definition) is 0. The molecule has 4 rings (SSSR count). The summed E-state index contributed by atoms with van der Waals surface area (Å²) in [4.78, 5) is 28.9. The molecule has 0 spiro atoms. The summed E-state index contributed by atoms with van der Waals surface area (Å²) in [5.74, 6) is -1.09. The Morgan fingerprint density at radius 1 is 0.968 bits per heavy atom. The molecule has 2 aromatic rings. The minimum absolute atomic E-state index is 0.198. The van der Waals surface area contributed by atoms with Crippen LogP contribution in [-0.4, -0.2) is 65.8 Å². The lowest BCUT2D eigenvalue weighted by molar-refractivity contribution is 0.0743. The van der Waals surface area contributed by atoms with E-state index in [1.807, 2.05) is 13.0 Å². The van der Waals surface area contributed by atoms with Crippen LogP contribution in [0, 0.1) is 6.92 Å². The fourth-order valence-electron chi connectivity index (χ4n) is 4.08. The molecular weight excluding hydrogens is 420 g/mol. The molecule has 3 heterocycles. The van der Waals surface area contributed by atoms with Crippen molar-refractivity contribution in [1.82, 2.24) is 14.9 Å². The van der Waals surface area contributed by atoms with Crippen LogP contribution in [0.5, 0.6) is 0 Å². The maximum Gasteiger partial charge on any atom is 0.288 e. The number of halogens is 2. The molecule has 1 amide bonds. The third-order valence-electron chi connectivity index (χ3n) is 5.69. The highest BCUT2D eigenvalue weighted by Gasteiger charge is 2.26. The van der Waals surface area contributed by atoms with Gasteiger partial charge in [0.25, 0.3) is 11.7 Å². The highest BCUT2D eigenvalue weighted by atomic mass is 32.2. The summed E-state index contributed by atoms with van der Waals surface area (Å²) in [5, 5.41) is 0. The van der Waals surface area contributed by atoms with Crippen molar-refractivity contribution in [2.75, 3.05) is 49.1 Å². The Morgan fingerprint density at radius 2 is 1.68 bits per heavy atom. The molecule has 6 nitrogen and oxygen atoms in total. The van der Waals surface area contributed by atoms with Gasteiger partial charge in [-0.1, -0.05) is 23.9 Å². The number of anilines is 2. The second-order valence-corrected chi connectivity index (χ2v) is 8.90. The van der Waals surface area contributed by atoms with Gasteiger partial charge in [0.2, 0.25) is 5.95 Å². The zero-order valence-corrected chi connectivity index (χ0v) is 18.5. The molecule has 31 heavy (non-hydrogen) atoms. The van der Waals surface area contributed by atoms with Crippen LogP contribution in [0.4, 0.5) is 20.5 Å². The van der Waals surface area contributed by atoms with Gasteiger partial charge in [-0.3, -0.25) is 4.79 Å². The largest absolute Gasteiger partial charge is 0.353 e. The maximum atomic E-state index is 13.0. The first-order chi connectivity index (χ1) is 15.0. The van der Waals surface area contributed by atoms with Crippen LogP contribution in [0.1, 0.15) is 35.3 Å². The number of thioether (sulfide) groups is 1. The van der Waals surface area contributed by atoms with Crippen LogP contribution in [0.3, 0.4) is 0 Å². The molecule has 166 valence electrons. The van der Waals surface area contributed by atoms with Gasteiger partial charge in [-0.2, -0.15) is 13.8 Å². The van der Waals surface area contributed by atoms with Crippen LogP contribution < -0.4 is 9.80 Å². The average molecular weight is 448 g/mol. The molecule has 2 aliphatic heterocycles. The SMILES string of the molecule is Cc1cc(N2CCN(C(=O)c3ccccc3SC(F)F)CC2)nc(N2CCCCC2)n1. The molecule has 2 fully saturated rings. The normalized spacial score (nSPS) is 17.4. The predicted octanol–water partition coefficient (Wildman–Crippen LogP) is 4.05. The van der Waals surface area contributed by atoms with Gasteiger partial charge in [-0.05, 0) is 38.3 Å². The highest BCUT2D eigenvalue weighted by molar-refractivity contribution is 7.99. The molecular formula is C22H27F2N5OS. The maximum absolute atomic E-state index is 13.0. The predicted molar refractivity (Wildman–Crippen MR) is 119 cm³/mol. The van der Waals surface area contributed by atoms with Gasteiger partial charge in [0.1, 0.15) is 5.82 Å². The van der Waals surface area contributed by atoms with Gasteiger partial charge in [0.05, 0.1) is 5.56 Å². The van der Waals surface area contributed by atoms with Crippen LogP contribution in [0.2, 0.25) is 0 Å². The molecule has 0 aliphatic carbocycles. The first kappa shape index (κ1) is 21.8. The van der Waals surface area contributed by atoms with Crippen molar-refractivity contribution in [3.05, 3.63) is 41.6 Å². The molecule has 0 atom stereocenters. The van der Waals surface area contributed by atoms with Gasteiger partial charge in [-0.25, -0.2) is 4.98 Å². The summed E-state index contributed by atoms with van der Waals surface area (Å²) in [7, 11) is 0. The monoisotopic (exact) mass is 447 g/mol. The molecule has 2 aliphatic rings. The number of aryl methyl sites for hydroxylation is 1. The molecule has 1 aromatic heterocycles. The zero-order valence-electron chi connectivity index (χ0n) is 17.6. The molecule has 9 heteroatoms. The molecule has 2 saturated heterocycles. The van der Waals surface area contributed by atoms with Crippen LogP contribution >= 0.6 is 11.8 Å². The number of aromatic nitrogens is 2. The summed E-state index contributed by atoms with van der Waals surface area (Å²) in [6.07, 6.45) is 3.58. The number of benzene rings is 1. The van der Waals surface area contributed by atoms with Gasteiger partial charge < -0.3 is 14.7 Å². The van der Waals surface area contributed by atoms with Gasteiger partial charge >= 0.3 is 0 Å². The number of carbonyl (C=O) groups excluding carboxylic acids is 1. The molecule has 0 saturated carbocycles. The number of rotatable bonds is 5. The van der Waals surface area contributed by atoms with E-state index in [9.17, 15) is 13.6 Å². The third-order valence-corrected chi connectivity index (χ3v) is 6.48. The Kier molecular flexibility index (Phi) is 6.89. The van der Waals surface area contributed by atoms with E-state index in [1.54, 1.807) is 29.2 Å². The Morgan fingerprint density at radius 3 is 2.39 bits per heavy atom. The van der Waals surface area contributed by atoms with Crippen molar-refractivity contribution in [3.63, 3.8) is 0 Å². The third kappa shape index (κ3) is 5.26. The summed E-state index contributed by atoms with van der Waals surface area (Å²) in [6.45, 7) is 6.29. The van der Waals surface area contributed by atoms with Crippen molar-refractivity contribution in [2.24, 2.45) is 0 Å². The summed E-state index contributed by atoms with van der Waals surface area (Å²) >= 11 is 0.419. The number of alkyl halides is 2. The van der Waals surface area contributed by atoms with Crippen molar-refractivity contribution in [1.29, 1.82) is 0 Å². The van der Waals surface area contributed by atoms with Crippen molar-refractivity contribution >= 4 is 29.4 Å². The van der Waals surface area contributed by atoms with Gasteiger partial charge in [0.15, 0.2) is 0 Å². The van der Waals surface area contributed by atoms with Crippen molar-refractivity contribution < 1.29 is 13.6 Å². The van der Waals surface area contributed by atoms with Crippen molar-refractivity contribution in [2.45, 2.75) is 36.8 Å². The Balaban J connectivity index is 1.43. The first-order valence-electron chi connectivity index (χ1n) is 10.7. The van der Waals surface area contributed by atoms with Gasteiger partial charge in [0, 0.05) is 55.9 Å². The van der Waals surface area contributed by atoms with E-state index >= 15 is 0 Å². The smallest absolute Gasteiger partial charge is 0.288 e. The molecule has 0 bridgehead atoms. The number of piperazine rings is 1. The Labute approximate surface area is 185 Å². The molecule has 0 unspecified atom stereocenters. The Bertz CT molecular complexity index is 915. The fourth-order valence-corrected chi connectivity index (χ4v) is 4.72. The quantitative estimate of drug-likeness (QED) is 0.645. The lowest BCUT2D eigenvalue weighted by atomic mass is 10.1. The van der Waals surface area contributed by atoms with Crippen molar-refractivity contribution in [3.8, 4) is 0 Å².